The SMILES string of the molecule is Cc1cc(C)c(-c2ccc3c(c2)oc2c(-c4cc(CC5CCCCC5)ccn4)cccc23)c(C)c1. The van der Waals surface area contributed by atoms with Crippen LogP contribution in [-0.4, -0.2) is 4.98 Å². The molecule has 0 bridgehead atoms. The summed E-state index contributed by atoms with van der Waals surface area (Å²) in [7, 11) is 0. The quantitative estimate of drug-likeness (QED) is 0.267. The summed E-state index contributed by atoms with van der Waals surface area (Å²) in [6.07, 6.45) is 10.0. The van der Waals surface area contributed by atoms with Gasteiger partial charge in [0.05, 0.1) is 5.69 Å². The number of aryl methyl sites for hydroxylation is 3. The van der Waals surface area contributed by atoms with E-state index in [1.54, 1.807) is 0 Å². The molecule has 2 aromatic heterocycles. The number of pyridine rings is 1. The number of hydrogen-bond acceptors (Lipinski definition) is 2. The van der Waals surface area contributed by atoms with Gasteiger partial charge in [0.1, 0.15) is 11.2 Å². The van der Waals surface area contributed by atoms with Gasteiger partial charge in [0, 0.05) is 22.5 Å². The molecule has 1 aliphatic rings. The van der Waals surface area contributed by atoms with Gasteiger partial charge in [-0.1, -0.05) is 68.0 Å². The van der Waals surface area contributed by atoms with E-state index in [9.17, 15) is 0 Å². The highest BCUT2D eigenvalue weighted by molar-refractivity contribution is 6.10. The Kier molecular flexibility index (Phi) is 5.68. The van der Waals surface area contributed by atoms with Crippen LogP contribution < -0.4 is 0 Å². The van der Waals surface area contributed by atoms with Crippen molar-refractivity contribution in [3.8, 4) is 22.4 Å². The zero-order chi connectivity index (χ0) is 23.9. The molecule has 0 radical (unpaired) electrons. The van der Waals surface area contributed by atoms with Crippen molar-refractivity contribution in [3.05, 3.63) is 89.1 Å². The maximum absolute atomic E-state index is 6.55. The Morgan fingerprint density at radius 2 is 1.63 bits per heavy atom. The van der Waals surface area contributed by atoms with Gasteiger partial charge < -0.3 is 4.42 Å². The lowest BCUT2D eigenvalue weighted by Crippen LogP contribution is -2.09. The Hall–Kier alpha value is -3.39. The van der Waals surface area contributed by atoms with E-state index in [4.69, 9.17) is 9.40 Å². The molecule has 1 aliphatic carbocycles. The molecule has 3 aromatic carbocycles. The van der Waals surface area contributed by atoms with Crippen molar-refractivity contribution < 1.29 is 4.42 Å². The van der Waals surface area contributed by atoms with Gasteiger partial charge in [-0.3, -0.25) is 4.98 Å². The predicted molar refractivity (Wildman–Crippen MR) is 147 cm³/mol. The van der Waals surface area contributed by atoms with Gasteiger partial charge in [-0.05, 0) is 91.3 Å². The third kappa shape index (κ3) is 4.16. The molecule has 1 saturated carbocycles. The van der Waals surface area contributed by atoms with Gasteiger partial charge in [-0.25, -0.2) is 0 Å². The second-order valence-corrected chi connectivity index (χ2v) is 10.5. The van der Waals surface area contributed by atoms with Gasteiger partial charge in [-0.15, -0.1) is 0 Å². The van der Waals surface area contributed by atoms with Crippen LogP contribution in [0.5, 0.6) is 0 Å². The summed E-state index contributed by atoms with van der Waals surface area (Å²) in [5.41, 5.74) is 11.8. The molecule has 0 N–H and O–H groups in total. The van der Waals surface area contributed by atoms with Crippen LogP contribution in [0.25, 0.3) is 44.3 Å². The second-order valence-electron chi connectivity index (χ2n) is 10.5. The number of fused-ring (bicyclic) bond motifs is 3. The zero-order valence-electron chi connectivity index (χ0n) is 21.0. The molecule has 0 atom stereocenters. The van der Waals surface area contributed by atoms with Gasteiger partial charge in [0.25, 0.3) is 0 Å². The van der Waals surface area contributed by atoms with Crippen molar-refractivity contribution in [1.29, 1.82) is 0 Å². The lowest BCUT2D eigenvalue weighted by molar-refractivity contribution is 0.356. The maximum Gasteiger partial charge on any atom is 0.144 e. The summed E-state index contributed by atoms with van der Waals surface area (Å²) in [6, 6.07) is 22.1. The van der Waals surface area contributed by atoms with Crippen molar-refractivity contribution in [2.24, 2.45) is 5.92 Å². The third-order valence-corrected chi connectivity index (χ3v) is 7.81. The molecule has 0 spiro atoms. The molecular weight excluding hydrogens is 426 g/mol. The Bertz CT molecular complexity index is 1510. The number of para-hydroxylation sites is 1. The molecule has 6 rings (SSSR count). The zero-order valence-corrected chi connectivity index (χ0v) is 21.0. The molecule has 1 fully saturated rings. The molecule has 35 heavy (non-hydrogen) atoms. The fourth-order valence-corrected chi connectivity index (χ4v) is 6.26. The molecular formula is C33H33NO. The van der Waals surface area contributed by atoms with Crippen LogP contribution in [0.1, 0.15) is 54.4 Å². The molecule has 0 amide bonds. The van der Waals surface area contributed by atoms with Crippen LogP contribution in [0, 0.1) is 26.7 Å². The maximum atomic E-state index is 6.55. The highest BCUT2D eigenvalue weighted by atomic mass is 16.3. The van der Waals surface area contributed by atoms with E-state index in [0.29, 0.717) is 0 Å². The molecule has 0 aliphatic heterocycles. The summed E-state index contributed by atoms with van der Waals surface area (Å²) in [6.45, 7) is 6.55. The number of rotatable bonds is 4. The first-order chi connectivity index (χ1) is 17.1. The number of benzene rings is 3. The lowest BCUT2D eigenvalue weighted by Gasteiger charge is -2.21. The minimum atomic E-state index is 0.813. The van der Waals surface area contributed by atoms with Crippen LogP contribution >= 0.6 is 0 Å². The van der Waals surface area contributed by atoms with Crippen LogP contribution in [0.2, 0.25) is 0 Å². The van der Waals surface area contributed by atoms with Crippen molar-refractivity contribution in [2.75, 3.05) is 0 Å². The van der Waals surface area contributed by atoms with Crippen LogP contribution in [0.3, 0.4) is 0 Å². The van der Waals surface area contributed by atoms with Gasteiger partial charge in [0.15, 0.2) is 0 Å². The highest BCUT2D eigenvalue weighted by Gasteiger charge is 2.17. The summed E-state index contributed by atoms with van der Waals surface area (Å²) in [4.78, 5) is 4.76. The van der Waals surface area contributed by atoms with Gasteiger partial charge >= 0.3 is 0 Å². The lowest BCUT2D eigenvalue weighted by atomic mass is 9.85. The third-order valence-electron chi connectivity index (χ3n) is 7.81. The fourth-order valence-electron chi connectivity index (χ4n) is 6.26. The Morgan fingerprint density at radius 3 is 2.43 bits per heavy atom. The molecule has 2 heteroatoms. The minimum absolute atomic E-state index is 0.813. The topological polar surface area (TPSA) is 26.0 Å². The molecule has 5 aromatic rings. The largest absolute Gasteiger partial charge is 0.455 e. The first-order valence-corrected chi connectivity index (χ1v) is 13.1. The molecule has 0 unspecified atom stereocenters. The average Bonchev–Trinajstić information content (AvgIpc) is 3.22. The number of furan rings is 1. The summed E-state index contributed by atoms with van der Waals surface area (Å²) in [5.74, 6) is 0.813. The van der Waals surface area contributed by atoms with E-state index < -0.39 is 0 Å². The molecule has 2 heterocycles. The molecule has 176 valence electrons. The first-order valence-electron chi connectivity index (χ1n) is 13.1. The van der Waals surface area contributed by atoms with Crippen molar-refractivity contribution in [1.82, 2.24) is 4.98 Å². The van der Waals surface area contributed by atoms with Gasteiger partial charge in [0.2, 0.25) is 0 Å². The Labute approximate surface area is 208 Å². The smallest absolute Gasteiger partial charge is 0.144 e. The Morgan fingerprint density at radius 1 is 0.829 bits per heavy atom. The molecule has 2 nitrogen and oxygen atoms in total. The fraction of sp³-hybridized carbons (Fsp3) is 0.303. The Balaban J connectivity index is 1.42. The van der Waals surface area contributed by atoms with Crippen molar-refractivity contribution >= 4 is 21.9 Å². The highest BCUT2D eigenvalue weighted by Crippen LogP contribution is 2.38. The van der Waals surface area contributed by atoms with Crippen molar-refractivity contribution in [3.63, 3.8) is 0 Å². The average molecular weight is 460 g/mol. The number of aromatic nitrogens is 1. The van der Waals surface area contributed by atoms with E-state index in [1.165, 1.54) is 65.5 Å². The molecule has 0 saturated heterocycles. The first kappa shape index (κ1) is 22.1. The minimum Gasteiger partial charge on any atom is -0.455 e. The van der Waals surface area contributed by atoms with E-state index >= 15 is 0 Å². The monoisotopic (exact) mass is 459 g/mol. The number of hydrogen-bond donors (Lipinski definition) is 0. The predicted octanol–water partition coefficient (Wildman–Crippen LogP) is 9.36. The van der Waals surface area contributed by atoms with Crippen molar-refractivity contribution in [2.45, 2.75) is 59.3 Å². The van der Waals surface area contributed by atoms with Crippen LogP contribution in [0.4, 0.5) is 0 Å². The summed E-state index contributed by atoms with van der Waals surface area (Å²) in [5, 5.41) is 2.31. The van der Waals surface area contributed by atoms with Crippen LogP contribution in [0.15, 0.2) is 71.3 Å². The number of nitrogens with zero attached hydrogens (tertiary/aromatic N) is 1. The van der Waals surface area contributed by atoms with E-state index in [0.717, 1.165) is 45.5 Å². The summed E-state index contributed by atoms with van der Waals surface area (Å²) < 4.78 is 6.55. The standard InChI is InChI=1S/C33H33NO/c1-21-16-22(2)32(23(3)17-21)26-12-13-27-28-10-7-11-29(33(28)35-31(27)20-26)30-19-25(14-15-34-30)18-24-8-5-4-6-9-24/h7,10-17,19-20,24H,4-6,8-9,18H2,1-3H3. The van der Waals surface area contributed by atoms with E-state index in [2.05, 4.69) is 81.4 Å². The second kappa shape index (κ2) is 9.00. The van der Waals surface area contributed by atoms with Gasteiger partial charge in [-0.2, -0.15) is 0 Å². The van der Waals surface area contributed by atoms with Crippen LogP contribution in [-0.2, 0) is 6.42 Å². The van der Waals surface area contributed by atoms with E-state index in [-0.39, 0.29) is 0 Å². The normalized spacial score (nSPS) is 14.7. The summed E-state index contributed by atoms with van der Waals surface area (Å²) >= 11 is 0. The van der Waals surface area contributed by atoms with E-state index in [1.807, 2.05) is 6.20 Å².